The topological polar surface area (TPSA) is 159 Å². The van der Waals surface area contributed by atoms with Gasteiger partial charge in [-0.3, -0.25) is 11.8 Å². The second-order valence-corrected chi connectivity index (χ2v) is 31.0. The Morgan fingerprint density at radius 1 is 0.393 bits per heavy atom. The second-order valence-electron chi connectivity index (χ2n) is 15.5. The Labute approximate surface area is 370 Å². The quantitative estimate of drug-likeness (QED) is 0.0364. The normalized spacial score (nSPS) is 13.5. The molecule has 0 aliphatic carbocycles. The summed E-state index contributed by atoms with van der Waals surface area (Å²) in [7, 11) is 14.4. The molecule has 1 amide bonds. The van der Waals surface area contributed by atoms with E-state index in [1.54, 1.807) is 112 Å². The summed E-state index contributed by atoms with van der Waals surface area (Å²) < 4.78 is 86.4. The van der Waals surface area contributed by atoms with Crippen molar-refractivity contribution in [1.29, 1.82) is 0 Å². The number of carbonyl (C=O) groups excluding carboxylic acids is 1. The molecule has 0 atom stereocenters. The van der Waals surface area contributed by atoms with Crippen molar-refractivity contribution in [2.75, 3.05) is 113 Å². The van der Waals surface area contributed by atoms with Crippen molar-refractivity contribution >= 4 is 49.9 Å². The zero-order valence-electron chi connectivity index (χ0n) is 41.1. The van der Waals surface area contributed by atoms with Gasteiger partial charge in [-0.15, -0.1) is 0 Å². The average Bonchev–Trinajstić information content (AvgIpc) is 3.28. The first-order valence-corrected chi connectivity index (χ1v) is 30.5. The fourth-order valence-electron chi connectivity index (χ4n) is 8.34. The molecule has 0 spiro atoms. The van der Waals surface area contributed by atoms with Gasteiger partial charge in [0.2, 0.25) is 0 Å². The Hall–Kier alpha value is -1.05. The van der Waals surface area contributed by atoms with E-state index in [1.165, 1.54) is 0 Å². The fourth-order valence-corrected chi connectivity index (χ4v) is 17.1. The molecule has 0 N–H and O–H groups in total. The Bertz CT molecular complexity index is 989. The van der Waals surface area contributed by atoms with E-state index in [-0.39, 0.29) is 11.3 Å². The van der Waals surface area contributed by atoms with Gasteiger partial charge in [-0.1, -0.05) is 19.8 Å². The SMILES string of the molecule is [CH2-]N(CC(C)(CCCC[Si](OC)(OC)OC)CCCC[Si](OC)(OC)OC)C(=O)C(CCC[Si](OC)(OC)OC)(CCC[Si](OC)(OC)OC)CCC[Si](OC)(OC)OC.[Rf]. The van der Waals surface area contributed by atoms with Crippen molar-refractivity contribution in [1.82, 2.24) is 4.90 Å². The van der Waals surface area contributed by atoms with Crippen LogP contribution in [-0.4, -0.2) is 168 Å². The molecule has 0 heterocycles. The van der Waals surface area contributed by atoms with Gasteiger partial charge in [0.1, 0.15) is 0 Å². The first-order chi connectivity index (χ1) is 28.5. The molecule has 17 nitrogen and oxygen atoms in total. The Morgan fingerprint density at radius 3 is 0.820 bits per heavy atom. The molecule has 0 aliphatic heterocycles. The molecule has 0 radical (unpaired) electrons. The number of unbranched alkanes of at least 4 members (excludes halogenated alkanes) is 2. The van der Waals surface area contributed by atoms with Crippen LogP contribution >= 0.6 is 0 Å². The van der Waals surface area contributed by atoms with Gasteiger partial charge in [-0.05, 0) is 76.2 Å². The molecule has 0 aromatic carbocycles. The molecule has 362 valence electrons. The van der Waals surface area contributed by atoms with Gasteiger partial charge >= 0.3 is 44.0 Å². The van der Waals surface area contributed by atoms with E-state index in [1.807, 2.05) is 0 Å². The molecule has 0 fully saturated rings. The summed E-state index contributed by atoms with van der Waals surface area (Å²) in [6.07, 6.45) is 8.63. The van der Waals surface area contributed by atoms with Crippen molar-refractivity contribution in [3.8, 4) is 0 Å². The van der Waals surface area contributed by atoms with E-state index < -0.39 is 49.4 Å². The first kappa shape index (κ1) is 62.0. The molecule has 0 aliphatic rings. The number of hydrogen-bond donors (Lipinski definition) is 0. The van der Waals surface area contributed by atoms with Gasteiger partial charge < -0.3 is 71.3 Å². The van der Waals surface area contributed by atoms with E-state index in [2.05, 4.69) is 14.0 Å². The molecule has 23 heteroatoms. The molecule has 0 saturated heterocycles. The second kappa shape index (κ2) is 31.0. The van der Waals surface area contributed by atoms with Crippen LogP contribution in [0.3, 0.4) is 0 Å². The average molecular weight is 1220 g/mol. The molecule has 0 saturated carbocycles. The van der Waals surface area contributed by atoms with E-state index in [0.29, 0.717) is 75.3 Å². The number of hydrogen-bond acceptors (Lipinski definition) is 16. The zero-order valence-corrected chi connectivity index (χ0v) is 52.5. The minimum absolute atomic E-state index is 0. The van der Waals surface area contributed by atoms with Gasteiger partial charge in [0.05, 0.1) is 0 Å². The minimum atomic E-state index is -2.95. The van der Waals surface area contributed by atoms with E-state index in [0.717, 1.165) is 38.5 Å². The van der Waals surface area contributed by atoms with Gasteiger partial charge in [-0.2, -0.15) is 0 Å². The third kappa shape index (κ3) is 18.8. The van der Waals surface area contributed by atoms with Crippen molar-refractivity contribution in [3.63, 3.8) is 0 Å². The van der Waals surface area contributed by atoms with Gasteiger partial charge in [0.25, 0.3) is 0 Å². The maximum absolute atomic E-state index is 15.4. The summed E-state index contributed by atoms with van der Waals surface area (Å²) in [5.41, 5.74) is -1.12. The van der Waals surface area contributed by atoms with Gasteiger partial charge in [-0.25, -0.2) is 0 Å². The smallest absolute Gasteiger partial charge is 0.495 e. The van der Waals surface area contributed by atoms with Crippen LogP contribution in [0.5, 0.6) is 0 Å². The minimum Gasteiger partial charge on any atom is -0.495 e. The predicted molar refractivity (Wildman–Crippen MR) is 241 cm³/mol. The van der Waals surface area contributed by atoms with Gasteiger partial charge in [0, 0.05) is 142 Å². The molecule has 0 unspecified atom stereocenters. The van der Waals surface area contributed by atoms with Crippen LogP contribution < -0.4 is 0 Å². The van der Waals surface area contributed by atoms with Crippen LogP contribution in [0.1, 0.15) is 84.0 Å². The van der Waals surface area contributed by atoms with Crippen LogP contribution in [0.2, 0.25) is 30.2 Å². The maximum atomic E-state index is 15.4. The summed E-state index contributed by atoms with van der Waals surface area (Å²) in [5.74, 6) is -0.0265. The van der Waals surface area contributed by atoms with Crippen LogP contribution in [0.15, 0.2) is 0 Å². The Morgan fingerprint density at radius 2 is 0.607 bits per heavy atom. The summed E-state index contributed by atoms with van der Waals surface area (Å²) in [5, 5.41) is 0. The number of carbonyl (C=O) groups is 1. The number of rotatable bonds is 40. The Balaban J connectivity index is 0. The number of amides is 1. The molecule has 61 heavy (non-hydrogen) atoms. The van der Waals surface area contributed by atoms with Crippen molar-refractivity contribution in [3.05, 3.63) is 7.05 Å². The van der Waals surface area contributed by atoms with Crippen LogP contribution in [-0.2, 0) is 71.2 Å². The van der Waals surface area contributed by atoms with Gasteiger partial charge in [0.15, 0.2) is 5.91 Å². The third-order valence-electron chi connectivity index (χ3n) is 12.4. The molecular weight excluding hydrogens is 1130 g/mol. The molecular formula is C38H86NO16RfSi5-. The molecule has 0 rings (SSSR count). The first-order valence-electron chi connectivity index (χ1n) is 20.9. The van der Waals surface area contributed by atoms with Crippen molar-refractivity contribution in [2.24, 2.45) is 10.8 Å². The van der Waals surface area contributed by atoms with Crippen LogP contribution in [0.4, 0.5) is 0 Å². The predicted octanol–water partition coefficient (Wildman–Crippen LogP) is 6.67. The standard InChI is InChI=1S/C38H86NO16Si5.Rf/c1-37(25-18-20-30-56(41-3,42-4)43-5,26-19-21-31-57(44-6,45-7)46-8)35-39(2)36(40)38(27-22-32-58(47-9,48-10)49-11,28-23-33-59(50-12,51-13)52-14)29-24-34-60(53-15,54-16)55-17;/h2,18-35H2,1,3-17H3;/q-1;. The number of nitrogens with zero attached hydrogens (tertiary/aromatic N) is 1. The van der Waals surface area contributed by atoms with E-state index in [9.17, 15) is 0 Å². The van der Waals surface area contributed by atoms with E-state index >= 15 is 4.79 Å². The van der Waals surface area contributed by atoms with Crippen molar-refractivity contribution < 1.29 is 71.2 Å². The zero-order chi connectivity index (χ0) is 46.0. The summed E-state index contributed by atoms with van der Waals surface area (Å²) in [4.78, 5) is 17.1. The largest absolute Gasteiger partial charge is 0.500 e. The molecule has 0 bridgehead atoms. The molecule has 0 aromatic heterocycles. The summed E-state index contributed by atoms with van der Waals surface area (Å²) >= 11 is 0. The van der Waals surface area contributed by atoms with E-state index in [4.69, 9.17) is 66.4 Å². The molecule has 0 aromatic rings. The summed E-state index contributed by atoms with van der Waals surface area (Å²) in [6.45, 7) is 2.70. The summed E-state index contributed by atoms with van der Waals surface area (Å²) in [6, 6.07) is 2.97. The third-order valence-corrected chi connectivity index (χ3v) is 26.6. The maximum Gasteiger partial charge on any atom is 0.500 e. The Kier molecular flexibility index (Phi) is 31.5. The van der Waals surface area contributed by atoms with Crippen LogP contribution in [0.25, 0.3) is 0 Å². The fraction of sp³-hybridized carbons (Fsp3) is 0.947. The monoisotopic (exact) mass is 1220 g/mol. The van der Waals surface area contributed by atoms with Crippen molar-refractivity contribution in [2.45, 2.75) is 114 Å². The van der Waals surface area contributed by atoms with Crippen LogP contribution in [0, 0.1) is 17.9 Å².